The zero-order valence-electron chi connectivity index (χ0n) is 18.7. The molecular weight excluding hydrogens is 462 g/mol. The van der Waals surface area contributed by atoms with E-state index in [2.05, 4.69) is 10.1 Å². The maximum Gasteiger partial charge on any atom is 0.350 e. The lowest BCUT2D eigenvalue weighted by Gasteiger charge is -2.22. The molecule has 1 atom stereocenters. The predicted molar refractivity (Wildman–Crippen MR) is 126 cm³/mol. The molecule has 0 saturated carbocycles. The van der Waals surface area contributed by atoms with E-state index in [-0.39, 0.29) is 6.04 Å². The molecule has 1 amide bonds. The molecule has 0 spiro atoms. The molecule has 8 nitrogen and oxygen atoms in total. The van der Waals surface area contributed by atoms with E-state index in [1.54, 1.807) is 38.5 Å². The van der Waals surface area contributed by atoms with Crippen LogP contribution >= 0.6 is 22.7 Å². The SMILES string of the molecule is COc1ccc(C2CC(c3cccs3)=NN2C(=O)COC(=O)c2sc(C)nc2C)cc1OC. The minimum absolute atomic E-state index is 0.361. The maximum absolute atomic E-state index is 13.1. The average Bonchev–Trinajstić information content (AvgIpc) is 3.56. The molecule has 0 N–H and O–H groups in total. The van der Waals surface area contributed by atoms with Gasteiger partial charge in [0.05, 0.1) is 41.6 Å². The van der Waals surface area contributed by atoms with E-state index in [1.165, 1.54) is 16.3 Å². The van der Waals surface area contributed by atoms with Gasteiger partial charge in [0.2, 0.25) is 0 Å². The standard InChI is InChI=1S/C23H23N3O5S2/c1-13-22(33-14(2)24-13)23(28)31-12-21(27)26-17(11-16(25-26)20-6-5-9-32-20)15-7-8-18(29-3)19(10-15)30-4/h5-10,17H,11-12H2,1-4H3. The Morgan fingerprint density at radius 1 is 1.15 bits per heavy atom. The molecule has 0 saturated heterocycles. The van der Waals surface area contributed by atoms with Gasteiger partial charge in [0.1, 0.15) is 4.88 Å². The van der Waals surface area contributed by atoms with Gasteiger partial charge in [0.15, 0.2) is 18.1 Å². The molecule has 1 unspecified atom stereocenters. The number of thiazole rings is 1. The smallest absolute Gasteiger partial charge is 0.350 e. The first-order chi connectivity index (χ1) is 15.9. The molecule has 2 aromatic heterocycles. The minimum Gasteiger partial charge on any atom is -0.493 e. The first-order valence-electron chi connectivity index (χ1n) is 10.2. The zero-order chi connectivity index (χ0) is 23.5. The lowest BCUT2D eigenvalue weighted by atomic mass is 10.0. The largest absolute Gasteiger partial charge is 0.493 e. The van der Waals surface area contributed by atoms with Crippen molar-refractivity contribution < 1.29 is 23.8 Å². The summed E-state index contributed by atoms with van der Waals surface area (Å²) in [5, 5.41) is 8.73. The molecule has 0 aliphatic carbocycles. The number of ether oxygens (including phenoxy) is 3. The van der Waals surface area contributed by atoms with Crippen molar-refractivity contribution >= 4 is 40.3 Å². The number of carbonyl (C=O) groups is 2. The Kier molecular flexibility index (Phi) is 6.75. The van der Waals surface area contributed by atoms with Crippen LogP contribution in [-0.2, 0) is 9.53 Å². The molecule has 1 aromatic carbocycles. The molecule has 0 fully saturated rings. The fourth-order valence-electron chi connectivity index (χ4n) is 3.63. The molecule has 0 radical (unpaired) electrons. The fraction of sp³-hybridized carbons (Fsp3) is 0.304. The quantitative estimate of drug-likeness (QED) is 0.462. The van der Waals surface area contributed by atoms with Crippen LogP contribution in [0.3, 0.4) is 0 Å². The number of methoxy groups -OCH3 is 2. The molecule has 3 aromatic rings. The Bertz CT molecular complexity index is 1200. The molecular formula is C23H23N3O5S2. The highest BCUT2D eigenvalue weighted by Gasteiger charge is 2.34. The summed E-state index contributed by atoms with van der Waals surface area (Å²) < 4.78 is 16.1. The van der Waals surface area contributed by atoms with E-state index in [9.17, 15) is 9.59 Å². The molecule has 1 aliphatic heterocycles. The molecule has 172 valence electrons. The van der Waals surface area contributed by atoms with E-state index >= 15 is 0 Å². The van der Waals surface area contributed by atoms with Gasteiger partial charge >= 0.3 is 5.97 Å². The lowest BCUT2D eigenvalue weighted by Crippen LogP contribution is -2.31. The maximum atomic E-state index is 13.1. The summed E-state index contributed by atoms with van der Waals surface area (Å²) in [5.41, 5.74) is 2.24. The number of amides is 1. The fourth-order valence-corrected chi connectivity index (χ4v) is 5.17. The van der Waals surface area contributed by atoms with Crippen LogP contribution in [0.25, 0.3) is 0 Å². The summed E-state index contributed by atoms with van der Waals surface area (Å²) in [5.74, 6) is 0.194. The first kappa shape index (κ1) is 22.9. The summed E-state index contributed by atoms with van der Waals surface area (Å²) >= 11 is 2.81. The normalized spacial score (nSPS) is 15.3. The van der Waals surface area contributed by atoms with Crippen LogP contribution in [0.5, 0.6) is 11.5 Å². The van der Waals surface area contributed by atoms with Crippen molar-refractivity contribution in [2.75, 3.05) is 20.8 Å². The molecule has 10 heteroatoms. The highest BCUT2D eigenvalue weighted by molar-refractivity contribution is 7.13. The van der Waals surface area contributed by atoms with Crippen molar-refractivity contribution in [3.05, 3.63) is 61.7 Å². The van der Waals surface area contributed by atoms with Crippen molar-refractivity contribution in [1.29, 1.82) is 0 Å². The monoisotopic (exact) mass is 485 g/mol. The highest BCUT2D eigenvalue weighted by atomic mass is 32.1. The van der Waals surface area contributed by atoms with E-state index in [0.717, 1.165) is 21.2 Å². The third-order valence-electron chi connectivity index (χ3n) is 5.18. The van der Waals surface area contributed by atoms with E-state index in [1.807, 2.05) is 36.6 Å². The lowest BCUT2D eigenvalue weighted by molar-refractivity contribution is -0.136. The molecule has 0 bridgehead atoms. The van der Waals surface area contributed by atoms with Crippen LogP contribution < -0.4 is 9.47 Å². The second kappa shape index (κ2) is 9.72. The number of carbonyl (C=O) groups excluding carboxylic acids is 2. The minimum atomic E-state index is -0.559. The third kappa shape index (κ3) is 4.76. The topological polar surface area (TPSA) is 90.3 Å². The van der Waals surface area contributed by atoms with Crippen LogP contribution in [-0.4, -0.2) is 48.4 Å². The van der Waals surface area contributed by atoms with Gasteiger partial charge in [-0.3, -0.25) is 4.79 Å². The second-order valence-corrected chi connectivity index (χ2v) is 9.47. The second-order valence-electron chi connectivity index (χ2n) is 7.32. The molecule has 4 rings (SSSR count). The Labute approximate surface area is 199 Å². The van der Waals surface area contributed by atoms with Gasteiger partial charge in [0.25, 0.3) is 5.91 Å². The number of thiophene rings is 1. The third-order valence-corrected chi connectivity index (χ3v) is 7.15. The number of aryl methyl sites for hydroxylation is 2. The summed E-state index contributed by atoms with van der Waals surface area (Å²) in [4.78, 5) is 31.2. The van der Waals surface area contributed by atoms with Crippen molar-refractivity contribution in [3.8, 4) is 11.5 Å². The number of aromatic nitrogens is 1. The van der Waals surface area contributed by atoms with Gasteiger partial charge in [0, 0.05) is 6.42 Å². The summed E-state index contributed by atoms with van der Waals surface area (Å²) in [7, 11) is 3.14. The number of hydrogen-bond acceptors (Lipinski definition) is 9. The Morgan fingerprint density at radius 3 is 2.58 bits per heavy atom. The zero-order valence-corrected chi connectivity index (χ0v) is 20.3. The van der Waals surface area contributed by atoms with Gasteiger partial charge in [-0.25, -0.2) is 14.8 Å². The van der Waals surface area contributed by atoms with Crippen molar-refractivity contribution in [1.82, 2.24) is 9.99 Å². The van der Waals surface area contributed by atoms with Crippen molar-refractivity contribution in [3.63, 3.8) is 0 Å². The van der Waals surface area contributed by atoms with Gasteiger partial charge in [-0.2, -0.15) is 5.10 Å². The van der Waals surface area contributed by atoms with Crippen LogP contribution in [0.15, 0.2) is 40.8 Å². The van der Waals surface area contributed by atoms with Crippen LogP contribution in [0.1, 0.15) is 43.3 Å². The van der Waals surface area contributed by atoms with Crippen LogP contribution in [0, 0.1) is 13.8 Å². The molecule has 33 heavy (non-hydrogen) atoms. The number of rotatable bonds is 7. The molecule has 1 aliphatic rings. The number of benzene rings is 1. The molecule has 3 heterocycles. The van der Waals surface area contributed by atoms with E-state index < -0.39 is 18.5 Å². The van der Waals surface area contributed by atoms with Crippen molar-refractivity contribution in [2.45, 2.75) is 26.3 Å². The Hall–Kier alpha value is -3.24. The number of nitrogens with zero attached hydrogens (tertiary/aromatic N) is 3. The summed E-state index contributed by atoms with van der Waals surface area (Å²) in [6, 6.07) is 9.08. The number of hydrogen-bond donors (Lipinski definition) is 0. The van der Waals surface area contributed by atoms with Crippen LogP contribution in [0.4, 0.5) is 0 Å². The van der Waals surface area contributed by atoms with Gasteiger partial charge in [-0.05, 0) is 43.0 Å². The predicted octanol–water partition coefficient (Wildman–Crippen LogP) is 4.37. The number of hydrazone groups is 1. The van der Waals surface area contributed by atoms with Gasteiger partial charge in [-0.15, -0.1) is 22.7 Å². The van der Waals surface area contributed by atoms with Gasteiger partial charge in [-0.1, -0.05) is 12.1 Å². The average molecular weight is 486 g/mol. The number of esters is 1. The van der Waals surface area contributed by atoms with Crippen molar-refractivity contribution in [2.24, 2.45) is 5.10 Å². The Balaban J connectivity index is 1.57. The van der Waals surface area contributed by atoms with Crippen LogP contribution in [0.2, 0.25) is 0 Å². The van der Waals surface area contributed by atoms with E-state index in [4.69, 9.17) is 14.2 Å². The van der Waals surface area contributed by atoms with E-state index in [0.29, 0.717) is 28.5 Å². The highest BCUT2D eigenvalue weighted by Crippen LogP contribution is 2.38. The summed E-state index contributed by atoms with van der Waals surface area (Å²) in [6.07, 6.45) is 0.531. The van der Waals surface area contributed by atoms with Gasteiger partial charge < -0.3 is 14.2 Å². The summed E-state index contributed by atoms with van der Waals surface area (Å²) in [6.45, 7) is 3.14. The first-order valence-corrected chi connectivity index (χ1v) is 11.9. The Morgan fingerprint density at radius 2 is 1.94 bits per heavy atom.